The molecule has 0 radical (unpaired) electrons. The Morgan fingerprint density at radius 2 is 0.812 bits per heavy atom. The second kappa shape index (κ2) is 13.7. The summed E-state index contributed by atoms with van der Waals surface area (Å²) in [5.74, 6) is 1.27. The fraction of sp³-hybridized carbons (Fsp3) is 0.238. The van der Waals surface area contributed by atoms with Crippen molar-refractivity contribution in [3.63, 3.8) is 0 Å². The molecule has 4 nitrogen and oxygen atoms in total. The van der Waals surface area contributed by atoms with Crippen LogP contribution < -0.4 is 0 Å². The number of hydrogen-bond acceptors (Lipinski definition) is 6. The number of aromatic hydroxyl groups is 4. The molecule has 0 aliphatic carbocycles. The van der Waals surface area contributed by atoms with Gasteiger partial charge in [-0.15, -0.1) is 0 Å². The summed E-state index contributed by atoms with van der Waals surface area (Å²) in [5.41, 5.74) is 3.46. The highest BCUT2D eigenvalue weighted by atomic mass is 32.2. The van der Waals surface area contributed by atoms with Crippen molar-refractivity contribution < 1.29 is 20.4 Å². The Bertz CT molecular complexity index is 1970. The summed E-state index contributed by atoms with van der Waals surface area (Å²) in [6, 6.07) is 31.4. The smallest absolute Gasteiger partial charge is 0.137 e. The Morgan fingerprint density at radius 3 is 1.19 bits per heavy atom. The van der Waals surface area contributed by atoms with E-state index in [1.165, 1.54) is 11.8 Å². The molecule has 0 saturated carbocycles. The average Bonchev–Trinajstić information content (AvgIpc) is 3.02. The van der Waals surface area contributed by atoms with Crippen molar-refractivity contribution in [2.45, 2.75) is 85.8 Å². The van der Waals surface area contributed by atoms with E-state index in [1.807, 2.05) is 98.8 Å². The molecule has 248 valence electrons. The van der Waals surface area contributed by atoms with E-state index in [1.54, 1.807) is 11.8 Å². The van der Waals surface area contributed by atoms with Crippen molar-refractivity contribution >= 4 is 45.1 Å². The normalized spacial score (nSPS) is 11.8. The van der Waals surface area contributed by atoms with Gasteiger partial charge in [0.15, 0.2) is 0 Å². The van der Waals surface area contributed by atoms with E-state index in [0.29, 0.717) is 11.5 Å². The second-order valence-corrected chi connectivity index (χ2v) is 16.5. The van der Waals surface area contributed by atoms with Crippen molar-refractivity contribution in [3.8, 4) is 23.0 Å². The lowest BCUT2D eigenvalue weighted by Gasteiger charge is -2.24. The van der Waals surface area contributed by atoms with E-state index in [-0.39, 0.29) is 22.3 Å². The van der Waals surface area contributed by atoms with Gasteiger partial charge in [0.05, 0.1) is 9.79 Å². The minimum atomic E-state index is -0.118. The van der Waals surface area contributed by atoms with Crippen molar-refractivity contribution in [2.24, 2.45) is 0 Å². The third kappa shape index (κ3) is 7.56. The molecule has 6 aromatic rings. The molecule has 0 amide bonds. The molecule has 6 aromatic carbocycles. The molecule has 0 heterocycles. The molecular weight excluding hydrogens is 633 g/mol. The van der Waals surface area contributed by atoms with Crippen LogP contribution in [0, 0.1) is 13.8 Å². The maximum absolute atomic E-state index is 10.5. The van der Waals surface area contributed by atoms with Gasteiger partial charge in [0.2, 0.25) is 0 Å². The summed E-state index contributed by atoms with van der Waals surface area (Å²) in [7, 11) is 0. The fourth-order valence-corrected chi connectivity index (χ4v) is 7.66. The van der Waals surface area contributed by atoms with Crippen LogP contribution in [0.15, 0.2) is 117 Å². The quantitative estimate of drug-likeness (QED) is 0.149. The maximum Gasteiger partial charge on any atom is 0.137 e. The van der Waals surface area contributed by atoms with Gasteiger partial charge in [0.25, 0.3) is 0 Å². The summed E-state index contributed by atoms with van der Waals surface area (Å²) in [6.07, 6.45) is 0. The number of benzene rings is 6. The van der Waals surface area contributed by atoms with Crippen LogP contribution in [0.1, 0.15) is 63.8 Å². The number of fused-ring (bicyclic) bond motifs is 2. The predicted octanol–water partition coefficient (Wildman–Crippen LogP) is 12.0. The third-order valence-electron chi connectivity index (χ3n) is 8.35. The lowest BCUT2D eigenvalue weighted by molar-refractivity contribution is 0.441. The van der Waals surface area contributed by atoms with Crippen LogP contribution in [-0.2, 0) is 10.8 Å². The van der Waals surface area contributed by atoms with Crippen LogP contribution >= 0.6 is 23.5 Å². The first-order valence-electron chi connectivity index (χ1n) is 16.0. The van der Waals surface area contributed by atoms with Gasteiger partial charge < -0.3 is 20.4 Å². The molecule has 0 atom stereocenters. The molecule has 4 N–H and O–H groups in total. The van der Waals surface area contributed by atoms with Gasteiger partial charge >= 0.3 is 0 Å². The zero-order valence-corrected chi connectivity index (χ0v) is 30.5. The van der Waals surface area contributed by atoms with Gasteiger partial charge in [-0.3, -0.25) is 0 Å². The monoisotopic (exact) mass is 676 g/mol. The lowest BCUT2D eigenvalue weighted by atomic mass is 9.85. The fourth-order valence-electron chi connectivity index (χ4n) is 5.64. The molecule has 0 bridgehead atoms. The van der Waals surface area contributed by atoms with Crippen molar-refractivity contribution in [1.29, 1.82) is 0 Å². The van der Waals surface area contributed by atoms with Gasteiger partial charge in [-0.25, -0.2) is 0 Å². The molecule has 0 aliphatic heterocycles. The summed E-state index contributed by atoms with van der Waals surface area (Å²) in [5, 5.41) is 45.5. The molecular formula is C42H44O4S2. The standard InChI is InChI=1S/C22H30O2S.C20H14O2S/c1-13-9-15(11-17(19(13)23)21(3,4)5)25-16-10-14(2)20(24)18(12-16)22(6,7)8;21-19-15-7-3-1-5-13(15)9-11-17(19)23-18-12-10-14-6-2-4-8-16(14)20(18)22/h9-12,23-24H,1-8H3;1-12,21-22H. The molecule has 0 unspecified atom stereocenters. The number of phenolic OH excluding ortho intramolecular Hbond substituents is 4. The van der Waals surface area contributed by atoms with E-state index in [2.05, 4.69) is 53.7 Å². The molecule has 6 heteroatoms. The average molecular weight is 677 g/mol. The van der Waals surface area contributed by atoms with Gasteiger partial charge in [-0.1, -0.05) is 126 Å². The minimum Gasteiger partial charge on any atom is -0.507 e. The molecule has 0 saturated heterocycles. The van der Waals surface area contributed by atoms with Crippen LogP contribution in [0.4, 0.5) is 0 Å². The SMILES string of the molecule is Cc1cc(Sc2cc(C)c(O)c(C(C)(C)C)c2)cc(C(C)(C)C)c1O.Oc1c(Sc2ccc3ccccc3c2O)ccc2ccccc12. The van der Waals surface area contributed by atoms with Crippen LogP contribution in [0.3, 0.4) is 0 Å². The summed E-state index contributed by atoms with van der Waals surface area (Å²) in [6.45, 7) is 16.5. The summed E-state index contributed by atoms with van der Waals surface area (Å²) in [4.78, 5) is 3.67. The van der Waals surface area contributed by atoms with Crippen LogP contribution in [-0.4, -0.2) is 20.4 Å². The largest absolute Gasteiger partial charge is 0.507 e. The molecule has 0 aliphatic rings. The van der Waals surface area contributed by atoms with Gasteiger partial charge in [-0.2, -0.15) is 0 Å². The second-order valence-electron chi connectivity index (χ2n) is 14.2. The maximum atomic E-state index is 10.5. The number of hydrogen-bond donors (Lipinski definition) is 4. The van der Waals surface area contributed by atoms with Gasteiger partial charge in [0.1, 0.15) is 23.0 Å². The number of phenols is 4. The van der Waals surface area contributed by atoms with E-state index in [9.17, 15) is 20.4 Å². The first-order valence-corrected chi connectivity index (χ1v) is 17.6. The minimum absolute atomic E-state index is 0.118. The Balaban J connectivity index is 0.000000188. The topological polar surface area (TPSA) is 80.9 Å². The molecule has 0 aromatic heterocycles. The molecule has 48 heavy (non-hydrogen) atoms. The number of rotatable bonds is 4. The lowest BCUT2D eigenvalue weighted by Crippen LogP contribution is -2.12. The Labute approximate surface area is 292 Å². The van der Waals surface area contributed by atoms with Crippen LogP contribution in [0.5, 0.6) is 23.0 Å². The zero-order valence-electron chi connectivity index (χ0n) is 28.8. The van der Waals surface area contributed by atoms with Gasteiger partial charge in [0, 0.05) is 31.7 Å². The van der Waals surface area contributed by atoms with Crippen molar-refractivity contribution in [2.75, 3.05) is 0 Å². The Morgan fingerprint density at radius 1 is 0.438 bits per heavy atom. The highest BCUT2D eigenvalue weighted by Crippen LogP contribution is 2.44. The van der Waals surface area contributed by atoms with E-state index in [0.717, 1.165) is 63.4 Å². The number of aryl methyl sites for hydroxylation is 2. The third-order valence-corrected chi connectivity index (χ3v) is 10.4. The molecule has 0 spiro atoms. The first-order chi connectivity index (χ1) is 22.5. The Hall–Kier alpha value is -4.26. The first kappa shape index (κ1) is 35.1. The predicted molar refractivity (Wildman–Crippen MR) is 203 cm³/mol. The van der Waals surface area contributed by atoms with Crippen LogP contribution in [0.2, 0.25) is 0 Å². The Kier molecular flexibility index (Phi) is 10.0. The van der Waals surface area contributed by atoms with Crippen LogP contribution in [0.25, 0.3) is 21.5 Å². The molecule has 6 rings (SSSR count). The highest BCUT2D eigenvalue weighted by molar-refractivity contribution is 7.99. The van der Waals surface area contributed by atoms with E-state index < -0.39 is 0 Å². The highest BCUT2D eigenvalue weighted by Gasteiger charge is 2.23. The van der Waals surface area contributed by atoms with E-state index in [4.69, 9.17) is 0 Å². The molecule has 0 fully saturated rings. The van der Waals surface area contributed by atoms with Crippen molar-refractivity contribution in [1.82, 2.24) is 0 Å². The summed E-state index contributed by atoms with van der Waals surface area (Å²) < 4.78 is 0. The summed E-state index contributed by atoms with van der Waals surface area (Å²) >= 11 is 3.04. The van der Waals surface area contributed by atoms with Crippen molar-refractivity contribution in [3.05, 3.63) is 119 Å². The zero-order chi connectivity index (χ0) is 35.0. The van der Waals surface area contributed by atoms with E-state index >= 15 is 0 Å². The van der Waals surface area contributed by atoms with Gasteiger partial charge in [-0.05, 0) is 83.0 Å².